The molecule has 1 heterocycles. The molecule has 1 aliphatic rings. The van der Waals surface area contributed by atoms with Gasteiger partial charge in [0.2, 0.25) is 0 Å². The first-order chi connectivity index (χ1) is 9.47. The summed E-state index contributed by atoms with van der Waals surface area (Å²) in [6, 6.07) is 6.46. The number of benzene rings is 1. The molecule has 0 aromatic heterocycles. The summed E-state index contributed by atoms with van der Waals surface area (Å²) in [5.41, 5.74) is 4.48. The molecule has 0 fully saturated rings. The van der Waals surface area contributed by atoms with Crippen LogP contribution in [0.2, 0.25) is 0 Å². The molecule has 0 saturated heterocycles. The zero-order chi connectivity index (χ0) is 14.7. The van der Waals surface area contributed by atoms with E-state index in [0.717, 1.165) is 5.56 Å². The standard InChI is InChI=1S/C13H16N4O3/c1-7-11(16-17-13(20)14-7)9-3-5-10(6-4-9)15-12(19)8(2)18/h3-8,18H,1-2H3,(H,15,19)(H2,14,17,20)/t7?,8-/m1/s1. The normalized spacial score (nSPS) is 19.4. The fourth-order valence-electron chi connectivity index (χ4n) is 1.79. The highest BCUT2D eigenvalue weighted by atomic mass is 16.3. The van der Waals surface area contributed by atoms with Crippen molar-refractivity contribution in [3.8, 4) is 0 Å². The van der Waals surface area contributed by atoms with Crippen LogP contribution in [0.1, 0.15) is 19.4 Å². The van der Waals surface area contributed by atoms with Gasteiger partial charge in [0.1, 0.15) is 6.10 Å². The van der Waals surface area contributed by atoms with Crippen LogP contribution in [0.5, 0.6) is 0 Å². The number of nitrogens with one attached hydrogen (secondary N) is 3. The summed E-state index contributed by atoms with van der Waals surface area (Å²) in [6.45, 7) is 3.23. The summed E-state index contributed by atoms with van der Waals surface area (Å²) in [6.07, 6.45) is -1.06. The highest BCUT2D eigenvalue weighted by Crippen LogP contribution is 2.13. The van der Waals surface area contributed by atoms with E-state index in [-0.39, 0.29) is 12.1 Å². The van der Waals surface area contributed by atoms with Crippen molar-refractivity contribution in [2.45, 2.75) is 26.0 Å². The molecular weight excluding hydrogens is 260 g/mol. The summed E-state index contributed by atoms with van der Waals surface area (Å²) in [5, 5.41) is 18.4. The molecule has 7 heteroatoms. The minimum atomic E-state index is -1.06. The van der Waals surface area contributed by atoms with Gasteiger partial charge in [-0.15, -0.1) is 0 Å². The van der Waals surface area contributed by atoms with Crippen molar-refractivity contribution in [2.24, 2.45) is 5.10 Å². The van der Waals surface area contributed by atoms with E-state index in [0.29, 0.717) is 11.4 Å². The van der Waals surface area contributed by atoms with Crippen molar-refractivity contribution in [3.63, 3.8) is 0 Å². The molecule has 20 heavy (non-hydrogen) atoms. The SMILES string of the molecule is CC1NC(=O)NN=C1c1ccc(NC(=O)[C@@H](C)O)cc1. The van der Waals surface area contributed by atoms with E-state index in [4.69, 9.17) is 5.11 Å². The van der Waals surface area contributed by atoms with Gasteiger partial charge in [-0.05, 0) is 26.0 Å². The Hall–Kier alpha value is -2.41. The van der Waals surface area contributed by atoms with Crippen LogP contribution in [0.25, 0.3) is 0 Å². The number of aliphatic hydroxyl groups excluding tert-OH is 1. The maximum absolute atomic E-state index is 11.3. The molecule has 106 valence electrons. The second-order valence-corrected chi connectivity index (χ2v) is 4.55. The number of rotatable bonds is 3. The van der Waals surface area contributed by atoms with E-state index in [1.54, 1.807) is 24.3 Å². The van der Waals surface area contributed by atoms with E-state index in [1.165, 1.54) is 6.92 Å². The molecule has 0 spiro atoms. The average Bonchev–Trinajstić information content (AvgIpc) is 2.40. The lowest BCUT2D eigenvalue weighted by molar-refractivity contribution is -0.123. The second kappa shape index (κ2) is 5.70. The highest BCUT2D eigenvalue weighted by Gasteiger charge is 2.20. The Balaban J connectivity index is 2.12. The molecule has 1 aliphatic heterocycles. The third-order valence-electron chi connectivity index (χ3n) is 2.86. The Morgan fingerprint density at radius 3 is 2.60 bits per heavy atom. The fourth-order valence-corrected chi connectivity index (χ4v) is 1.79. The molecule has 0 aliphatic carbocycles. The van der Waals surface area contributed by atoms with Gasteiger partial charge in [-0.25, -0.2) is 10.2 Å². The molecule has 7 nitrogen and oxygen atoms in total. The molecule has 0 bridgehead atoms. The van der Waals surface area contributed by atoms with Crippen molar-refractivity contribution < 1.29 is 14.7 Å². The smallest absolute Gasteiger partial charge is 0.335 e. The van der Waals surface area contributed by atoms with Gasteiger partial charge >= 0.3 is 6.03 Å². The molecule has 3 amide bonds. The van der Waals surface area contributed by atoms with E-state index >= 15 is 0 Å². The fraction of sp³-hybridized carbons (Fsp3) is 0.308. The Morgan fingerprint density at radius 1 is 1.40 bits per heavy atom. The quantitative estimate of drug-likeness (QED) is 0.643. The van der Waals surface area contributed by atoms with Gasteiger partial charge in [0, 0.05) is 11.3 Å². The molecular formula is C13H16N4O3. The second-order valence-electron chi connectivity index (χ2n) is 4.55. The topological polar surface area (TPSA) is 103 Å². The third-order valence-corrected chi connectivity index (χ3v) is 2.86. The summed E-state index contributed by atoms with van der Waals surface area (Å²) in [5.74, 6) is -0.463. The predicted molar refractivity (Wildman–Crippen MR) is 74.4 cm³/mol. The van der Waals surface area contributed by atoms with E-state index in [2.05, 4.69) is 21.2 Å². The molecule has 0 radical (unpaired) electrons. The summed E-state index contributed by atoms with van der Waals surface area (Å²) >= 11 is 0. The minimum Gasteiger partial charge on any atom is -0.384 e. The Kier molecular flexibility index (Phi) is 3.99. The molecule has 0 saturated carbocycles. The molecule has 1 unspecified atom stereocenters. The maximum Gasteiger partial charge on any atom is 0.335 e. The number of hydrogen-bond donors (Lipinski definition) is 4. The van der Waals surface area contributed by atoms with Crippen molar-refractivity contribution in [3.05, 3.63) is 29.8 Å². The first-order valence-corrected chi connectivity index (χ1v) is 6.21. The number of urea groups is 1. The summed E-state index contributed by atoms with van der Waals surface area (Å²) < 4.78 is 0. The lowest BCUT2D eigenvalue weighted by atomic mass is 10.0. The molecule has 4 N–H and O–H groups in total. The van der Waals surface area contributed by atoms with Crippen molar-refractivity contribution in [1.82, 2.24) is 10.7 Å². The first-order valence-electron chi connectivity index (χ1n) is 6.21. The molecule has 2 atom stereocenters. The van der Waals surface area contributed by atoms with Gasteiger partial charge in [-0.2, -0.15) is 5.10 Å². The third kappa shape index (κ3) is 3.12. The van der Waals surface area contributed by atoms with Crippen molar-refractivity contribution >= 4 is 23.3 Å². The van der Waals surface area contributed by atoms with Crippen LogP contribution >= 0.6 is 0 Å². The molecule has 1 aromatic rings. The number of anilines is 1. The zero-order valence-electron chi connectivity index (χ0n) is 11.2. The predicted octanol–water partition coefficient (Wildman–Crippen LogP) is 0.411. The van der Waals surface area contributed by atoms with Crippen LogP contribution in [0.4, 0.5) is 10.5 Å². The Bertz CT molecular complexity index is 551. The molecule has 1 aromatic carbocycles. The van der Waals surface area contributed by atoms with Gasteiger partial charge in [0.15, 0.2) is 0 Å². The lowest BCUT2D eigenvalue weighted by Crippen LogP contribution is -2.48. The van der Waals surface area contributed by atoms with E-state index in [9.17, 15) is 9.59 Å². The van der Waals surface area contributed by atoms with Crippen LogP contribution in [0.15, 0.2) is 29.4 Å². The van der Waals surface area contributed by atoms with E-state index < -0.39 is 12.0 Å². The van der Waals surface area contributed by atoms with Crippen LogP contribution in [-0.4, -0.2) is 34.9 Å². The maximum atomic E-state index is 11.3. The van der Waals surface area contributed by atoms with Gasteiger partial charge in [0.05, 0.1) is 11.8 Å². The number of carbonyl (C=O) groups is 2. The first kappa shape index (κ1) is 14.0. The zero-order valence-corrected chi connectivity index (χ0v) is 11.2. The van der Waals surface area contributed by atoms with Gasteiger partial charge in [-0.3, -0.25) is 4.79 Å². The van der Waals surface area contributed by atoms with Gasteiger partial charge in [0.25, 0.3) is 5.91 Å². The van der Waals surface area contributed by atoms with Crippen LogP contribution in [0, 0.1) is 0 Å². The Labute approximate surface area is 116 Å². The summed E-state index contributed by atoms with van der Waals surface area (Å²) in [4.78, 5) is 22.4. The number of aliphatic hydroxyl groups is 1. The van der Waals surface area contributed by atoms with Crippen LogP contribution < -0.4 is 16.1 Å². The monoisotopic (exact) mass is 276 g/mol. The van der Waals surface area contributed by atoms with E-state index in [1.807, 2.05) is 6.92 Å². The van der Waals surface area contributed by atoms with Crippen LogP contribution in [-0.2, 0) is 4.79 Å². The number of hydrazone groups is 1. The van der Waals surface area contributed by atoms with Gasteiger partial charge < -0.3 is 15.7 Å². The number of amides is 3. The largest absolute Gasteiger partial charge is 0.384 e. The van der Waals surface area contributed by atoms with Gasteiger partial charge in [-0.1, -0.05) is 12.1 Å². The number of carbonyl (C=O) groups excluding carboxylic acids is 2. The minimum absolute atomic E-state index is 0.193. The van der Waals surface area contributed by atoms with Crippen molar-refractivity contribution in [2.75, 3.05) is 5.32 Å². The van der Waals surface area contributed by atoms with Crippen LogP contribution in [0.3, 0.4) is 0 Å². The van der Waals surface area contributed by atoms with Crippen molar-refractivity contribution in [1.29, 1.82) is 0 Å². The summed E-state index contributed by atoms with van der Waals surface area (Å²) in [7, 11) is 0. The Morgan fingerprint density at radius 2 is 2.05 bits per heavy atom. The average molecular weight is 276 g/mol. The molecule has 2 rings (SSSR count). The highest BCUT2D eigenvalue weighted by molar-refractivity contribution is 6.07. The number of hydrogen-bond acceptors (Lipinski definition) is 4. The lowest BCUT2D eigenvalue weighted by Gasteiger charge is -2.21. The number of nitrogens with zero attached hydrogens (tertiary/aromatic N) is 1.